The highest BCUT2D eigenvalue weighted by atomic mass is 16.7. The number of fused-ring (bicyclic) bond motifs is 1. The van der Waals surface area contributed by atoms with Gasteiger partial charge in [0.15, 0.2) is 18.2 Å². The minimum absolute atomic E-state index is 0.0574. The topological polar surface area (TPSA) is 112 Å². The first-order valence-corrected chi connectivity index (χ1v) is 12.7. The van der Waals surface area contributed by atoms with Crippen molar-refractivity contribution < 1.29 is 38.4 Å². The summed E-state index contributed by atoms with van der Waals surface area (Å²) in [5, 5.41) is 11.7. The van der Waals surface area contributed by atoms with Crippen molar-refractivity contribution in [1.29, 1.82) is 0 Å². The standard InChI is InChI=1S/C28H31NO8/c30-24(35-16-20-10-4-1-5-11-20)23-27(26(32)36-17-21-12-6-2-7-13-21)18-34-19-37-28(27,33)25(31)29(23)22-14-8-3-9-15-22/h1-2,4-7,10-13,22-23,33H,3,8-9,14-19H2/t23-,27-,28+/m0/s1. The van der Waals surface area contributed by atoms with E-state index in [1.54, 1.807) is 36.4 Å². The van der Waals surface area contributed by atoms with Gasteiger partial charge in [-0.1, -0.05) is 79.9 Å². The van der Waals surface area contributed by atoms with Gasteiger partial charge < -0.3 is 29.0 Å². The molecule has 2 aromatic carbocycles. The second kappa shape index (κ2) is 10.6. The third-order valence-electron chi connectivity index (χ3n) is 7.55. The summed E-state index contributed by atoms with van der Waals surface area (Å²) in [5.41, 5.74) is -0.691. The smallest absolute Gasteiger partial charge is 0.330 e. The molecule has 1 N–H and O–H groups in total. The highest BCUT2D eigenvalue weighted by Gasteiger charge is 2.79. The van der Waals surface area contributed by atoms with Crippen molar-refractivity contribution >= 4 is 17.8 Å². The Balaban J connectivity index is 1.51. The summed E-state index contributed by atoms with van der Waals surface area (Å²) in [4.78, 5) is 42.7. The second-order valence-electron chi connectivity index (χ2n) is 9.79. The van der Waals surface area contributed by atoms with Crippen molar-refractivity contribution in [2.75, 3.05) is 13.4 Å². The van der Waals surface area contributed by atoms with E-state index in [0.717, 1.165) is 24.8 Å². The van der Waals surface area contributed by atoms with Crippen LogP contribution >= 0.6 is 0 Å². The lowest BCUT2D eigenvalue weighted by Crippen LogP contribution is -2.65. The molecule has 37 heavy (non-hydrogen) atoms. The van der Waals surface area contributed by atoms with Crippen LogP contribution < -0.4 is 0 Å². The molecule has 3 atom stereocenters. The van der Waals surface area contributed by atoms with Crippen molar-refractivity contribution in [2.45, 2.75) is 63.2 Å². The number of benzene rings is 2. The van der Waals surface area contributed by atoms with Crippen LogP contribution in [0.1, 0.15) is 43.2 Å². The molecule has 3 aliphatic rings. The van der Waals surface area contributed by atoms with Crippen LogP contribution in [0.3, 0.4) is 0 Å². The zero-order valence-electron chi connectivity index (χ0n) is 20.5. The van der Waals surface area contributed by atoms with E-state index < -0.39 is 48.5 Å². The largest absolute Gasteiger partial charge is 0.460 e. The molecule has 2 aromatic rings. The maximum atomic E-state index is 13.8. The number of hydrogen-bond donors (Lipinski definition) is 1. The van der Waals surface area contributed by atoms with Crippen LogP contribution in [0.5, 0.6) is 0 Å². The van der Waals surface area contributed by atoms with Gasteiger partial charge in [-0.3, -0.25) is 9.59 Å². The summed E-state index contributed by atoms with van der Waals surface area (Å²) < 4.78 is 22.2. The van der Waals surface area contributed by atoms with Gasteiger partial charge in [0.1, 0.15) is 13.2 Å². The highest BCUT2D eigenvalue weighted by Crippen LogP contribution is 2.52. The summed E-state index contributed by atoms with van der Waals surface area (Å²) in [6.45, 7) is -1.00. The van der Waals surface area contributed by atoms with Crippen LogP contribution in [0, 0.1) is 5.41 Å². The minimum Gasteiger partial charge on any atom is -0.460 e. The highest BCUT2D eigenvalue weighted by molar-refractivity contribution is 6.03. The van der Waals surface area contributed by atoms with Gasteiger partial charge in [0.05, 0.1) is 6.61 Å². The van der Waals surface area contributed by atoms with Crippen molar-refractivity contribution in [3.05, 3.63) is 71.8 Å². The van der Waals surface area contributed by atoms with E-state index in [1.165, 1.54) is 4.90 Å². The van der Waals surface area contributed by atoms with Gasteiger partial charge in [0.2, 0.25) is 0 Å². The zero-order valence-corrected chi connectivity index (χ0v) is 20.5. The summed E-state index contributed by atoms with van der Waals surface area (Å²) in [7, 11) is 0. The minimum atomic E-state index is -2.62. The van der Waals surface area contributed by atoms with Crippen molar-refractivity contribution in [3.8, 4) is 0 Å². The molecule has 1 amide bonds. The molecule has 0 aromatic heterocycles. The van der Waals surface area contributed by atoms with Gasteiger partial charge in [-0.15, -0.1) is 0 Å². The summed E-state index contributed by atoms with van der Waals surface area (Å²) >= 11 is 0. The second-order valence-corrected chi connectivity index (χ2v) is 9.79. The number of rotatable bonds is 7. The van der Waals surface area contributed by atoms with E-state index in [0.29, 0.717) is 18.4 Å². The molecule has 0 unspecified atom stereocenters. The number of nitrogens with zero attached hydrogens (tertiary/aromatic N) is 1. The number of aliphatic hydroxyl groups is 1. The molecule has 0 radical (unpaired) electrons. The van der Waals surface area contributed by atoms with E-state index in [2.05, 4.69) is 0 Å². The molecule has 2 saturated heterocycles. The van der Waals surface area contributed by atoms with Gasteiger partial charge in [0.25, 0.3) is 11.7 Å². The molecular weight excluding hydrogens is 478 g/mol. The van der Waals surface area contributed by atoms with Crippen LogP contribution in [0.25, 0.3) is 0 Å². The van der Waals surface area contributed by atoms with Gasteiger partial charge >= 0.3 is 11.9 Å². The Hall–Kier alpha value is -3.27. The third kappa shape index (κ3) is 4.52. The summed E-state index contributed by atoms with van der Waals surface area (Å²) in [5.74, 6) is -5.22. The van der Waals surface area contributed by atoms with Crippen LogP contribution in [0.15, 0.2) is 60.7 Å². The Morgan fingerprint density at radius 1 is 0.919 bits per heavy atom. The maximum Gasteiger partial charge on any atom is 0.330 e. The third-order valence-corrected chi connectivity index (χ3v) is 7.55. The fraction of sp³-hybridized carbons (Fsp3) is 0.464. The van der Waals surface area contributed by atoms with E-state index in [4.69, 9.17) is 18.9 Å². The first kappa shape index (κ1) is 25.4. The van der Waals surface area contributed by atoms with Crippen LogP contribution in [-0.4, -0.2) is 59.1 Å². The Morgan fingerprint density at radius 3 is 2.14 bits per heavy atom. The van der Waals surface area contributed by atoms with Crippen LogP contribution in [-0.2, 0) is 46.5 Å². The molecule has 196 valence electrons. The summed E-state index contributed by atoms with van der Waals surface area (Å²) in [6, 6.07) is 16.3. The monoisotopic (exact) mass is 509 g/mol. The van der Waals surface area contributed by atoms with E-state index in [1.807, 2.05) is 24.3 Å². The molecule has 9 heteroatoms. The van der Waals surface area contributed by atoms with E-state index >= 15 is 0 Å². The number of carbonyl (C=O) groups excluding carboxylic acids is 3. The zero-order chi connectivity index (χ0) is 25.9. The number of amides is 1. The Labute approximate surface area is 215 Å². The molecular formula is C28H31NO8. The quantitative estimate of drug-likeness (QED) is 0.567. The average Bonchev–Trinajstić information content (AvgIpc) is 3.16. The predicted molar refractivity (Wildman–Crippen MR) is 129 cm³/mol. The molecule has 5 rings (SSSR count). The van der Waals surface area contributed by atoms with Gasteiger partial charge in [0, 0.05) is 6.04 Å². The number of esters is 2. The molecule has 2 aliphatic heterocycles. The molecule has 9 nitrogen and oxygen atoms in total. The SMILES string of the molecule is O=C(OCc1ccccc1)[C@@H]1N(C2CCCCC2)C(=O)[C@@]2(O)OCOC[C@@]12C(=O)OCc1ccccc1. The van der Waals surface area contributed by atoms with E-state index in [9.17, 15) is 19.5 Å². The molecule has 2 heterocycles. The lowest BCUT2D eigenvalue weighted by molar-refractivity contribution is -0.321. The number of carbonyl (C=O) groups is 3. The van der Waals surface area contributed by atoms with Gasteiger partial charge in [-0.25, -0.2) is 4.79 Å². The fourth-order valence-corrected chi connectivity index (χ4v) is 5.62. The lowest BCUT2D eigenvalue weighted by atomic mass is 9.75. The van der Waals surface area contributed by atoms with Crippen LogP contribution in [0.4, 0.5) is 0 Å². The van der Waals surface area contributed by atoms with Crippen molar-refractivity contribution in [2.24, 2.45) is 5.41 Å². The average molecular weight is 510 g/mol. The summed E-state index contributed by atoms with van der Waals surface area (Å²) in [6.07, 6.45) is 4.01. The van der Waals surface area contributed by atoms with Crippen molar-refractivity contribution in [1.82, 2.24) is 4.90 Å². The molecule has 1 saturated carbocycles. The Morgan fingerprint density at radius 2 is 1.51 bits per heavy atom. The van der Waals surface area contributed by atoms with Crippen molar-refractivity contribution in [3.63, 3.8) is 0 Å². The predicted octanol–water partition coefficient (Wildman–Crippen LogP) is 2.70. The maximum absolute atomic E-state index is 13.8. The molecule has 3 fully saturated rings. The number of ether oxygens (including phenoxy) is 4. The first-order chi connectivity index (χ1) is 18.0. The molecule has 1 aliphatic carbocycles. The number of likely N-dealkylation sites (tertiary alicyclic amines) is 1. The van der Waals surface area contributed by atoms with Gasteiger partial charge in [-0.2, -0.15) is 0 Å². The van der Waals surface area contributed by atoms with Gasteiger partial charge in [-0.05, 0) is 24.0 Å². The first-order valence-electron chi connectivity index (χ1n) is 12.7. The normalized spacial score (nSPS) is 28.0. The number of hydrogen-bond acceptors (Lipinski definition) is 8. The molecule has 0 bridgehead atoms. The Kier molecular flexibility index (Phi) is 7.28. The Bertz CT molecular complexity index is 1120. The van der Waals surface area contributed by atoms with E-state index in [-0.39, 0.29) is 19.3 Å². The molecule has 0 spiro atoms. The lowest BCUT2D eigenvalue weighted by Gasteiger charge is -2.42. The fourth-order valence-electron chi connectivity index (χ4n) is 5.62. The van der Waals surface area contributed by atoms with Crippen LogP contribution in [0.2, 0.25) is 0 Å².